The molecule has 0 aliphatic carbocycles. The van der Waals surface area contributed by atoms with E-state index >= 15 is 0 Å². The molecule has 150 valence electrons. The predicted molar refractivity (Wildman–Crippen MR) is 108 cm³/mol. The molecule has 0 aliphatic heterocycles. The number of carbonyl (C=O) groups excluding carboxylic acids is 2. The molecule has 1 aromatic carbocycles. The maximum absolute atomic E-state index is 12.4. The molecule has 0 aliphatic rings. The average Bonchev–Trinajstić information content (AvgIpc) is 3.08. The van der Waals surface area contributed by atoms with Crippen molar-refractivity contribution in [3.63, 3.8) is 0 Å². The first-order chi connectivity index (χ1) is 13.9. The number of aryl methyl sites for hydroxylation is 2. The van der Waals surface area contributed by atoms with E-state index in [2.05, 4.69) is 25.7 Å². The van der Waals surface area contributed by atoms with Gasteiger partial charge in [-0.05, 0) is 25.8 Å². The number of H-pyrrole nitrogens is 1. The average molecular weight is 394 g/mol. The van der Waals surface area contributed by atoms with Crippen LogP contribution in [0.15, 0.2) is 47.3 Å². The van der Waals surface area contributed by atoms with E-state index in [4.69, 9.17) is 0 Å². The maximum Gasteiger partial charge on any atom is 0.314 e. The minimum Gasteiger partial charge on any atom is -0.341 e. The second-order valence-electron chi connectivity index (χ2n) is 6.56. The molecular weight excluding hydrogens is 372 g/mol. The van der Waals surface area contributed by atoms with Crippen LogP contribution in [0.25, 0.3) is 5.95 Å². The number of hydrogen-bond acceptors (Lipinski definition) is 5. The van der Waals surface area contributed by atoms with Crippen molar-refractivity contribution in [2.24, 2.45) is 0 Å². The van der Waals surface area contributed by atoms with E-state index in [-0.39, 0.29) is 23.4 Å². The first-order valence-corrected chi connectivity index (χ1v) is 9.21. The van der Waals surface area contributed by atoms with Crippen LogP contribution >= 0.6 is 0 Å². The molecule has 29 heavy (non-hydrogen) atoms. The van der Waals surface area contributed by atoms with Gasteiger partial charge < -0.3 is 10.6 Å². The van der Waals surface area contributed by atoms with Gasteiger partial charge in [-0.3, -0.25) is 19.4 Å². The van der Waals surface area contributed by atoms with Crippen LogP contribution in [0.2, 0.25) is 0 Å². The molecule has 0 saturated carbocycles. The van der Waals surface area contributed by atoms with E-state index < -0.39 is 11.8 Å². The lowest BCUT2D eigenvalue weighted by Crippen LogP contribution is -2.37. The molecule has 9 nitrogen and oxygen atoms in total. The number of aromatic amines is 1. The van der Waals surface area contributed by atoms with Crippen molar-refractivity contribution in [3.8, 4) is 5.95 Å². The zero-order valence-electron chi connectivity index (χ0n) is 16.4. The summed E-state index contributed by atoms with van der Waals surface area (Å²) < 4.78 is 1.29. The number of rotatable bonds is 5. The Morgan fingerprint density at radius 2 is 1.90 bits per heavy atom. The molecule has 3 rings (SSSR count). The maximum atomic E-state index is 12.4. The first-order valence-electron chi connectivity index (χ1n) is 9.21. The van der Waals surface area contributed by atoms with Gasteiger partial charge in [-0.25, -0.2) is 4.98 Å². The predicted octanol–water partition coefficient (Wildman–Crippen LogP) is 1.64. The van der Waals surface area contributed by atoms with Crippen molar-refractivity contribution < 1.29 is 9.59 Å². The topological polar surface area (TPSA) is 122 Å². The summed E-state index contributed by atoms with van der Waals surface area (Å²) in [7, 11) is 0. The number of nitrogens with one attached hydrogen (secondary N) is 3. The van der Waals surface area contributed by atoms with Gasteiger partial charge in [0.25, 0.3) is 5.56 Å². The molecule has 0 saturated heterocycles. The Bertz CT molecular complexity index is 1090. The summed E-state index contributed by atoms with van der Waals surface area (Å²) in [5.41, 5.74) is 1.73. The largest absolute Gasteiger partial charge is 0.341 e. The Morgan fingerprint density at radius 3 is 2.59 bits per heavy atom. The van der Waals surface area contributed by atoms with Crippen molar-refractivity contribution >= 4 is 17.6 Å². The first kappa shape index (κ1) is 20.0. The van der Waals surface area contributed by atoms with Gasteiger partial charge in [-0.15, -0.1) is 0 Å². The highest BCUT2D eigenvalue weighted by Gasteiger charge is 2.20. The molecule has 0 fully saturated rings. The summed E-state index contributed by atoms with van der Waals surface area (Å²) in [5, 5.41) is 9.44. The molecular formula is C20H22N6O3. The van der Waals surface area contributed by atoms with Crippen LogP contribution in [0.5, 0.6) is 0 Å². The van der Waals surface area contributed by atoms with Gasteiger partial charge in [0.2, 0.25) is 5.95 Å². The monoisotopic (exact) mass is 394 g/mol. The van der Waals surface area contributed by atoms with Crippen LogP contribution in [0.4, 0.5) is 5.82 Å². The molecule has 3 aromatic rings. The number of aromatic nitrogens is 4. The second-order valence-corrected chi connectivity index (χ2v) is 6.56. The highest BCUT2D eigenvalue weighted by atomic mass is 16.2. The van der Waals surface area contributed by atoms with Crippen LogP contribution in [-0.2, 0) is 16.0 Å². The molecule has 0 unspecified atom stereocenters. The summed E-state index contributed by atoms with van der Waals surface area (Å²) in [6, 6.07) is 12.0. The van der Waals surface area contributed by atoms with Crippen molar-refractivity contribution in [3.05, 3.63) is 69.8 Å². The molecule has 1 atom stereocenters. The van der Waals surface area contributed by atoms with E-state index in [0.717, 1.165) is 5.56 Å². The molecule has 9 heteroatoms. The highest BCUT2D eigenvalue weighted by molar-refractivity contribution is 6.39. The van der Waals surface area contributed by atoms with Crippen molar-refractivity contribution in [2.75, 3.05) is 5.32 Å². The zero-order valence-corrected chi connectivity index (χ0v) is 16.4. The van der Waals surface area contributed by atoms with E-state index in [0.29, 0.717) is 17.8 Å². The summed E-state index contributed by atoms with van der Waals surface area (Å²) in [5.74, 6) is -1.24. The van der Waals surface area contributed by atoms with Crippen LogP contribution in [0.1, 0.15) is 36.8 Å². The standard InChI is InChI=1S/C20H22N6O3/c1-4-15-11-17(27)24-20(22-15)26-16(10-12(2)25-26)23-19(29)18(28)21-13(3)14-8-6-5-7-9-14/h5-11,13H,4H2,1-3H3,(H,21,28)(H,23,29)(H,22,24,27)/t13-/m0/s1. The lowest BCUT2D eigenvalue weighted by atomic mass is 10.1. The third-order valence-corrected chi connectivity index (χ3v) is 4.27. The number of nitrogens with zero attached hydrogens (tertiary/aromatic N) is 3. The van der Waals surface area contributed by atoms with Crippen LogP contribution < -0.4 is 16.2 Å². The van der Waals surface area contributed by atoms with Crippen molar-refractivity contribution in [1.82, 2.24) is 25.1 Å². The minimum absolute atomic E-state index is 0.163. The summed E-state index contributed by atoms with van der Waals surface area (Å²) in [6.07, 6.45) is 0.568. The van der Waals surface area contributed by atoms with Gasteiger partial charge in [0.15, 0.2) is 0 Å². The quantitative estimate of drug-likeness (QED) is 0.568. The smallest absolute Gasteiger partial charge is 0.314 e. The molecule has 2 aromatic heterocycles. The van der Waals surface area contributed by atoms with E-state index in [1.54, 1.807) is 19.9 Å². The lowest BCUT2D eigenvalue weighted by molar-refractivity contribution is -0.136. The highest BCUT2D eigenvalue weighted by Crippen LogP contribution is 2.15. The van der Waals surface area contributed by atoms with Gasteiger partial charge in [-0.1, -0.05) is 37.3 Å². The number of amides is 2. The van der Waals surface area contributed by atoms with Gasteiger partial charge in [0.05, 0.1) is 11.7 Å². The Labute approximate surface area is 167 Å². The summed E-state index contributed by atoms with van der Waals surface area (Å²) >= 11 is 0. The number of hydrogen-bond donors (Lipinski definition) is 3. The number of carbonyl (C=O) groups is 2. The normalized spacial score (nSPS) is 11.7. The third kappa shape index (κ3) is 4.75. The molecule has 0 bridgehead atoms. The van der Waals surface area contributed by atoms with E-state index in [1.165, 1.54) is 10.7 Å². The number of anilines is 1. The van der Waals surface area contributed by atoms with Gasteiger partial charge in [0.1, 0.15) is 5.82 Å². The fourth-order valence-corrected chi connectivity index (χ4v) is 2.79. The molecule has 0 spiro atoms. The molecule has 3 N–H and O–H groups in total. The lowest BCUT2D eigenvalue weighted by Gasteiger charge is -2.14. The fourth-order valence-electron chi connectivity index (χ4n) is 2.79. The number of benzene rings is 1. The summed E-state index contributed by atoms with van der Waals surface area (Å²) in [4.78, 5) is 43.5. The Hall–Kier alpha value is -3.75. The molecule has 0 radical (unpaired) electrons. The van der Waals surface area contributed by atoms with Crippen LogP contribution in [0, 0.1) is 6.92 Å². The van der Waals surface area contributed by atoms with Gasteiger partial charge in [-0.2, -0.15) is 9.78 Å². The van der Waals surface area contributed by atoms with Crippen molar-refractivity contribution in [1.29, 1.82) is 0 Å². The summed E-state index contributed by atoms with van der Waals surface area (Å²) in [6.45, 7) is 5.39. The van der Waals surface area contributed by atoms with Crippen LogP contribution in [-0.4, -0.2) is 31.6 Å². The van der Waals surface area contributed by atoms with Gasteiger partial charge >= 0.3 is 11.8 Å². The Balaban J connectivity index is 1.78. The van der Waals surface area contributed by atoms with E-state index in [9.17, 15) is 14.4 Å². The zero-order chi connectivity index (χ0) is 21.0. The second kappa shape index (κ2) is 8.51. The van der Waals surface area contributed by atoms with Crippen molar-refractivity contribution in [2.45, 2.75) is 33.2 Å². The Kier molecular flexibility index (Phi) is 5.87. The Morgan fingerprint density at radius 1 is 1.17 bits per heavy atom. The van der Waals surface area contributed by atoms with Crippen LogP contribution in [0.3, 0.4) is 0 Å². The van der Waals surface area contributed by atoms with Gasteiger partial charge in [0, 0.05) is 17.8 Å². The molecule has 2 heterocycles. The SMILES string of the molecule is CCc1cc(=O)[nH]c(-n2nc(C)cc2NC(=O)C(=O)N[C@@H](C)c2ccccc2)n1. The fraction of sp³-hybridized carbons (Fsp3) is 0.250. The third-order valence-electron chi connectivity index (χ3n) is 4.27. The minimum atomic E-state index is -0.845. The molecule has 2 amide bonds. The van der Waals surface area contributed by atoms with E-state index in [1.807, 2.05) is 37.3 Å².